The SMILES string of the molecule is CC(=O)c1cccc(Nc2ccncc2)c1. The van der Waals surface area contributed by atoms with Crippen LogP contribution in [0.4, 0.5) is 11.4 Å². The van der Waals surface area contributed by atoms with E-state index in [0.29, 0.717) is 5.56 Å². The summed E-state index contributed by atoms with van der Waals surface area (Å²) in [6.07, 6.45) is 3.44. The van der Waals surface area contributed by atoms with E-state index < -0.39 is 0 Å². The molecule has 1 aromatic heterocycles. The normalized spacial score (nSPS) is 9.81. The van der Waals surface area contributed by atoms with Crippen LogP contribution < -0.4 is 5.32 Å². The number of benzene rings is 1. The zero-order chi connectivity index (χ0) is 11.4. The number of nitrogens with zero attached hydrogens (tertiary/aromatic N) is 1. The Morgan fingerprint density at radius 3 is 2.56 bits per heavy atom. The van der Waals surface area contributed by atoms with Crippen molar-refractivity contribution in [2.45, 2.75) is 6.92 Å². The molecule has 0 unspecified atom stereocenters. The van der Waals surface area contributed by atoms with E-state index >= 15 is 0 Å². The Balaban J connectivity index is 2.22. The summed E-state index contributed by atoms with van der Waals surface area (Å²) in [7, 11) is 0. The highest BCUT2D eigenvalue weighted by atomic mass is 16.1. The molecule has 2 rings (SSSR count). The molecule has 0 saturated heterocycles. The van der Waals surface area contributed by atoms with E-state index in [9.17, 15) is 4.79 Å². The summed E-state index contributed by atoms with van der Waals surface area (Å²) in [5, 5.41) is 3.21. The van der Waals surface area contributed by atoms with Gasteiger partial charge in [0.2, 0.25) is 0 Å². The minimum absolute atomic E-state index is 0.0679. The minimum Gasteiger partial charge on any atom is -0.355 e. The molecule has 0 saturated carbocycles. The molecule has 1 heterocycles. The van der Waals surface area contributed by atoms with Gasteiger partial charge in [0.05, 0.1) is 0 Å². The van der Waals surface area contributed by atoms with Gasteiger partial charge in [-0.3, -0.25) is 9.78 Å². The first-order chi connectivity index (χ1) is 7.75. The molecule has 2 aromatic rings. The maximum Gasteiger partial charge on any atom is 0.159 e. The van der Waals surface area contributed by atoms with E-state index in [1.165, 1.54) is 0 Å². The van der Waals surface area contributed by atoms with Gasteiger partial charge in [0.1, 0.15) is 0 Å². The maximum atomic E-state index is 11.2. The highest BCUT2D eigenvalue weighted by molar-refractivity contribution is 5.95. The average Bonchev–Trinajstić information content (AvgIpc) is 2.30. The predicted octanol–water partition coefficient (Wildman–Crippen LogP) is 3.03. The van der Waals surface area contributed by atoms with Crippen LogP contribution in [-0.2, 0) is 0 Å². The molecule has 0 spiro atoms. The van der Waals surface area contributed by atoms with Crippen molar-refractivity contribution in [3.05, 3.63) is 54.4 Å². The maximum absolute atomic E-state index is 11.2. The third kappa shape index (κ3) is 2.45. The monoisotopic (exact) mass is 212 g/mol. The number of nitrogens with one attached hydrogen (secondary N) is 1. The van der Waals surface area contributed by atoms with Crippen molar-refractivity contribution in [3.8, 4) is 0 Å². The van der Waals surface area contributed by atoms with Crippen molar-refractivity contribution >= 4 is 17.2 Å². The van der Waals surface area contributed by atoms with Crippen LogP contribution in [0.25, 0.3) is 0 Å². The van der Waals surface area contributed by atoms with Crippen molar-refractivity contribution in [1.29, 1.82) is 0 Å². The van der Waals surface area contributed by atoms with Crippen LogP contribution in [0.2, 0.25) is 0 Å². The highest BCUT2D eigenvalue weighted by Crippen LogP contribution is 2.16. The van der Waals surface area contributed by atoms with Crippen molar-refractivity contribution in [3.63, 3.8) is 0 Å². The summed E-state index contributed by atoms with van der Waals surface area (Å²) in [4.78, 5) is 15.2. The quantitative estimate of drug-likeness (QED) is 0.795. The van der Waals surface area contributed by atoms with Gasteiger partial charge in [-0.05, 0) is 31.2 Å². The summed E-state index contributed by atoms with van der Waals surface area (Å²) < 4.78 is 0. The fourth-order valence-electron chi connectivity index (χ4n) is 1.42. The van der Waals surface area contributed by atoms with Gasteiger partial charge >= 0.3 is 0 Å². The van der Waals surface area contributed by atoms with Crippen LogP contribution in [0.3, 0.4) is 0 Å². The van der Waals surface area contributed by atoms with E-state index in [2.05, 4.69) is 10.3 Å². The molecule has 0 fully saturated rings. The smallest absolute Gasteiger partial charge is 0.159 e. The largest absolute Gasteiger partial charge is 0.355 e. The fraction of sp³-hybridized carbons (Fsp3) is 0.0769. The van der Waals surface area contributed by atoms with Gasteiger partial charge in [0.25, 0.3) is 0 Å². The van der Waals surface area contributed by atoms with E-state index in [-0.39, 0.29) is 5.78 Å². The number of aromatic nitrogens is 1. The molecule has 0 atom stereocenters. The first-order valence-corrected chi connectivity index (χ1v) is 5.04. The highest BCUT2D eigenvalue weighted by Gasteiger charge is 2.00. The molecular weight excluding hydrogens is 200 g/mol. The lowest BCUT2D eigenvalue weighted by Gasteiger charge is -2.06. The number of rotatable bonds is 3. The zero-order valence-corrected chi connectivity index (χ0v) is 8.97. The molecular formula is C13H12N2O. The second kappa shape index (κ2) is 4.57. The van der Waals surface area contributed by atoms with E-state index in [0.717, 1.165) is 11.4 Å². The Hall–Kier alpha value is -2.16. The molecule has 16 heavy (non-hydrogen) atoms. The number of hydrogen-bond donors (Lipinski definition) is 1. The van der Waals surface area contributed by atoms with Gasteiger partial charge in [-0.15, -0.1) is 0 Å². The minimum atomic E-state index is 0.0679. The molecule has 0 aliphatic heterocycles. The Labute approximate surface area is 94.1 Å². The van der Waals surface area contributed by atoms with Crippen LogP contribution in [0.5, 0.6) is 0 Å². The second-order valence-electron chi connectivity index (χ2n) is 3.50. The van der Waals surface area contributed by atoms with Crippen LogP contribution in [-0.4, -0.2) is 10.8 Å². The third-order valence-electron chi connectivity index (χ3n) is 2.24. The molecule has 80 valence electrons. The van der Waals surface area contributed by atoms with Crippen molar-refractivity contribution in [2.75, 3.05) is 5.32 Å². The van der Waals surface area contributed by atoms with Crippen molar-refractivity contribution < 1.29 is 4.79 Å². The zero-order valence-electron chi connectivity index (χ0n) is 8.97. The summed E-state index contributed by atoms with van der Waals surface area (Å²) in [6.45, 7) is 1.56. The molecule has 0 bridgehead atoms. The molecule has 0 aliphatic carbocycles. The Morgan fingerprint density at radius 1 is 1.12 bits per heavy atom. The number of carbonyl (C=O) groups excluding carboxylic acids is 1. The van der Waals surface area contributed by atoms with Gasteiger partial charge in [0.15, 0.2) is 5.78 Å². The van der Waals surface area contributed by atoms with Gasteiger partial charge in [0, 0.05) is 29.3 Å². The lowest BCUT2D eigenvalue weighted by atomic mass is 10.1. The van der Waals surface area contributed by atoms with E-state index in [4.69, 9.17) is 0 Å². The van der Waals surface area contributed by atoms with Gasteiger partial charge in [-0.2, -0.15) is 0 Å². The predicted molar refractivity (Wildman–Crippen MR) is 64.0 cm³/mol. The summed E-state index contributed by atoms with van der Waals surface area (Å²) in [5.74, 6) is 0.0679. The molecule has 0 radical (unpaired) electrons. The third-order valence-corrected chi connectivity index (χ3v) is 2.24. The number of ketones is 1. The number of hydrogen-bond acceptors (Lipinski definition) is 3. The number of pyridine rings is 1. The Kier molecular flexibility index (Phi) is 2.96. The van der Waals surface area contributed by atoms with Crippen LogP contribution >= 0.6 is 0 Å². The second-order valence-corrected chi connectivity index (χ2v) is 3.50. The van der Waals surface area contributed by atoms with E-state index in [1.807, 2.05) is 30.3 Å². The topological polar surface area (TPSA) is 42.0 Å². The molecule has 0 aliphatic rings. The van der Waals surface area contributed by atoms with Crippen LogP contribution in [0, 0.1) is 0 Å². The lowest BCUT2D eigenvalue weighted by molar-refractivity contribution is 0.101. The number of anilines is 2. The fourth-order valence-corrected chi connectivity index (χ4v) is 1.42. The van der Waals surface area contributed by atoms with Gasteiger partial charge < -0.3 is 5.32 Å². The summed E-state index contributed by atoms with van der Waals surface area (Å²) in [5.41, 5.74) is 2.56. The average molecular weight is 212 g/mol. The standard InChI is InChI=1S/C13H12N2O/c1-10(16)11-3-2-4-13(9-11)15-12-5-7-14-8-6-12/h2-9H,1H3,(H,14,15). The first-order valence-electron chi connectivity index (χ1n) is 5.04. The molecule has 3 heteroatoms. The first kappa shape index (κ1) is 10.4. The van der Waals surface area contributed by atoms with Crippen LogP contribution in [0.1, 0.15) is 17.3 Å². The number of Topliss-reactive ketones (excluding diaryl/α,β-unsaturated/α-hetero) is 1. The lowest BCUT2D eigenvalue weighted by Crippen LogP contribution is -1.95. The van der Waals surface area contributed by atoms with Gasteiger partial charge in [-0.1, -0.05) is 12.1 Å². The Bertz CT molecular complexity index is 494. The van der Waals surface area contributed by atoms with Crippen molar-refractivity contribution in [2.24, 2.45) is 0 Å². The van der Waals surface area contributed by atoms with Crippen LogP contribution in [0.15, 0.2) is 48.8 Å². The molecule has 1 aromatic carbocycles. The van der Waals surface area contributed by atoms with E-state index in [1.54, 1.807) is 25.4 Å². The molecule has 1 N–H and O–H groups in total. The van der Waals surface area contributed by atoms with Gasteiger partial charge in [-0.25, -0.2) is 0 Å². The number of carbonyl (C=O) groups is 1. The Morgan fingerprint density at radius 2 is 1.88 bits per heavy atom. The molecule has 3 nitrogen and oxygen atoms in total. The molecule has 0 amide bonds. The summed E-state index contributed by atoms with van der Waals surface area (Å²) >= 11 is 0. The van der Waals surface area contributed by atoms with Crippen molar-refractivity contribution in [1.82, 2.24) is 4.98 Å². The summed E-state index contributed by atoms with van der Waals surface area (Å²) in [6, 6.07) is 11.2.